The molecule has 0 unspecified atom stereocenters. The van der Waals surface area contributed by atoms with Crippen molar-refractivity contribution in [1.29, 1.82) is 0 Å². The van der Waals surface area contributed by atoms with Crippen LogP contribution in [0.2, 0.25) is 0 Å². The summed E-state index contributed by atoms with van der Waals surface area (Å²) >= 11 is 0. The van der Waals surface area contributed by atoms with E-state index in [2.05, 4.69) is 16.0 Å². The van der Waals surface area contributed by atoms with E-state index >= 15 is 0 Å². The Morgan fingerprint density at radius 1 is 1.00 bits per heavy atom. The van der Waals surface area contributed by atoms with E-state index < -0.39 is 0 Å². The lowest BCUT2D eigenvalue weighted by molar-refractivity contribution is -0.132. The average molecular weight is 324 g/mol. The van der Waals surface area contributed by atoms with Crippen LogP contribution in [-0.4, -0.2) is 55.6 Å². The van der Waals surface area contributed by atoms with Crippen LogP contribution in [0.15, 0.2) is 0 Å². The molecular formula is C17H32N4O2. The second-order valence-electron chi connectivity index (χ2n) is 6.78. The number of nitrogens with zero attached hydrogens (tertiary/aromatic N) is 1. The number of hydrogen-bond donors (Lipinski definition) is 3. The number of nitrogens with one attached hydrogen (secondary N) is 3. The normalized spacial score (nSPS) is 20.3. The molecule has 0 bridgehead atoms. The van der Waals surface area contributed by atoms with Gasteiger partial charge in [-0.3, -0.25) is 4.79 Å². The minimum Gasteiger partial charge on any atom is -0.343 e. The Morgan fingerprint density at radius 3 is 2.35 bits per heavy atom. The monoisotopic (exact) mass is 324 g/mol. The van der Waals surface area contributed by atoms with Gasteiger partial charge in [0, 0.05) is 38.1 Å². The van der Waals surface area contributed by atoms with Gasteiger partial charge < -0.3 is 20.9 Å². The van der Waals surface area contributed by atoms with Gasteiger partial charge in [0.05, 0.1) is 0 Å². The Hall–Kier alpha value is -1.30. The highest BCUT2D eigenvalue weighted by molar-refractivity contribution is 5.76. The maximum absolute atomic E-state index is 12.1. The second kappa shape index (κ2) is 9.75. The molecule has 1 aliphatic carbocycles. The zero-order valence-corrected chi connectivity index (χ0v) is 14.4. The van der Waals surface area contributed by atoms with Gasteiger partial charge in [-0.25, -0.2) is 4.79 Å². The summed E-state index contributed by atoms with van der Waals surface area (Å²) in [7, 11) is 1.98. The summed E-state index contributed by atoms with van der Waals surface area (Å²) in [6.45, 7) is 2.26. The molecule has 132 valence electrons. The first-order valence-corrected chi connectivity index (χ1v) is 9.18. The Balaban J connectivity index is 1.52. The third-order valence-electron chi connectivity index (χ3n) is 5.05. The van der Waals surface area contributed by atoms with Gasteiger partial charge in [0.1, 0.15) is 0 Å². The van der Waals surface area contributed by atoms with Gasteiger partial charge in [-0.1, -0.05) is 19.3 Å². The fourth-order valence-electron chi connectivity index (χ4n) is 3.50. The number of piperidine rings is 1. The highest BCUT2D eigenvalue weighted by Crippen LogP contribution is 2.17. The summed E-state index contributed by atoms with van der Waals surface area (Å²) in [6, 6.07) is 0.794. The minimum absolute atomic E-state index is 0.0841. The first-order chi connectivity index (χ1) is 11.2. The minimum atomic E-state index is -0.0841. The first-order valence-electron chi connectivity index (χ1n) is 9.18. The van der Waals surface area contributed by atoms with Crippen LogP contribution in [-0.2, 0) is 4.79 Å². The fourth-order valence-corrected chi connectivity index (χ4v) is 3.50. The van der Waals surface area contributed by atoms with Crippen LogP contribution in [0.25, 0.3) is 0 Å². The number of likely N-dealkylation sites (tertiary alicyclic amines) is 1. The van der Waals surface area contributed by atoms with Crippen molar-refractivity contribution >= 4 is 11.9 Å². The molecule has 0 aromatic heterocycles. The van der Waals surface area contributed by atoms with E-state index in [4.69, 9.17) is 0 Å². The average Bonchev–Trinajstić information content (AvgIpc) is 2.59. The highest BCUT2D eigenvalue weighted by atomic mass is 16.2. The number of urea groups is 1. The van der Waals surface area contributed by atoms with Crippen LogP contribution in [0.1, 0.15) is 57.8 Å². The molecule has 2 rings (SSSR count). The van der Waals surface area contributed by atoms with Crippen molar-refractivity contribution < 1.29 is 9.59 Å². The topological polar surface area (TPSA) is 73.5 Å². The molecule has 1 saturated carbocycles. The maximum atomic E-state index is 12.1. The Morgan fingerprint density at radius 2 is 1.70 bits per heavy atom. The lowest BCUT2D eigenvalue weighted by atomic mass is 9.96. The van der Waals surface area contributed by atoms with Gasteiger partial charge in [0.2, 0.25) is 5.91 Å². The standard InChI is InChI=1S/C17H32N4O2/c1-18-14-9-12-21(13-10-14)16(22)8-5-11-19-17(23)20-15-6-3-2-4-7-15/h14-15,18H,2-13H2,1H3,(H2,19,20,23). The summed E-state index contributed by atoms with van der Waals surface area (Å²) in [5.74, 6) is 0.217. The summed E-state index contributed by atoms with van der Waals surface area (Å²) < 4.78 is 0. The van der Waals surface area contributed by atoms with Gasteiger partial charge in [0.15, 0.2) is 0 Å². The van der Waals surface area contributed by atoms with Crippen molar-refractivity contribution in [3.8, 4) is 0 Å². The highest BCUT2D eigenvalue weighted by Gasteiger charge is 2.21. The zero-order chi connectivity index (χ0) is 16.5. The van der Waals surface area contributed by atoms with E-state index in [1.54, 1.807) is 0 Å². The van der Waals surface area contributed by atoms with Gasteiger partial charge in [-0.05, 0) is 39.2 Å². The lowest BCUT2D eigenvalue weighted by Gasteiger charge is -2.31. The van der Waals surface area contributed by atoms with Gasteiger partial charge in [-0.15, -0.1) is 0 Å². The molecule has 0 spiro atoms. The van der Waals surface area contributed by atoms with E-state index in [1.165, 1.54) is 19.3 Å². The first kappa shape index (κ1) is 18.0. The molecule has 1 aliphatic heterocycles. The Kier molecular flexibility index (Phi) is 7.65. The molecule has 0 aromatic rings. The van der Waals surface area contributed by atoms with Crippen molar-refractivity contribution in [3.05, 3.63) is 0 Å². The molecule has 6 heteroatoms. The molecule has 3 amide bonds. The number of amides is 3. The quantitative estimate of drug-likeness (QED) is 0.650. The largest absolute Gasteiger partial charge is 0.343 e. The van der Waals surface area contributed by atoms with E-state index in [-0.39, 0.29) is 11.9 Å². The summed E-state index contributed by atoms with van der Waals surface area (Å²) in [5.41, 5.74) is 0. The SMILES string of the molecule is CNC1CCN(C(=O)CCCNC(=O)NC2CCCCC2)CC1. The van der Waals surface area contributed by atoms with Crippen LogP contribution < -0.4 is 16.0 Å². The molecule has 6 nitrogen and oxygen atoms in total. The molecule has 0 aromatic carbocycles. The van der Waals surface area contributed by atoms with Crippen molar-refractivity contribution in [2.24, 2.45) is 0 Å². The van der Waals surface area contributed by atoms with Crippen LogP contribution in [0.5, 0.6) is 0 Å². The number of carbonyl (C=O) groups excluding carboxylic acids is 2. The van der Waals surface area contributed by atoms with Crippen molar-refractivity contribution in [3.63, 3.8) is 0 Å². The van der Waals surface area contributed by atoms with Crippen molar-refractivity contribution in [2.75, 3.05) is 26.7 Å². The van der Waals surface area contributed by atoms with Crippen LogP contribution in [0.4, 0.5) is 4.79 Å². The molecule has 1 saturated heterocycles. The molecule has 0 radical (unpaired) electrons. The fraction of sp³-hybridized carbons (Fsp3) is 0.882. The van der Waals surface area contributed by atoms with Crippen molar-refractivity contribution in [1.82, 2.24) is 20.9 Å². The molecular weight excluding hydrogens is 292 g/mol. The summed E-state index contributed by atoms with van der Waals surface area (Å²) in [4.78, 5) is 25.9. The predicted molar refractivity (Wildman–Crippen MR) is 91.3 cm³/mol. The van der Waals surface area contributed by atoms with E-state index in [1.807, 2.05) is 11.9 Å². The predicted octanol–water partition coefficient (Wildman–Crippen LogP) is 1.61. The maximum Gasteiger partial charge on any atom is 0.315 e. The summed E-state index contributed by atoms with van der Waals surface area (Å²) in [5, 5.41) is 9.17. The van der Waals surface area contributed by atoms with Gasteiger partial charge in [0.25, 0.3) is 0 Å². The third-order valence-corrected chi connectivity index (χ3v) is 5.05. The van der Waals surface area contributed by atoms with E-state index in [0.29, 0.717) is 31.5 Å². The number of carbonyl (C=O) groups is 2. The van der Waals surface area contributed by atoms with Crippen LogP contribution in [0, 0.1) is 0 Å². The lowest BCUT2D eigenvalue weighted by Crippen LogP contribution is -2.44. The number of rotatable bonds is 6. The number of hydrogen-bond acceptors (Lipinski definition) is 3. The molecule has 2 fully saturated rings. The second-order valence-corrected chi connectivity index (χ2v) is 6.78. The van der Waals surface area contributed by atoms with Gasteiger partial charge >= 0.3 is 6.03 Å². The smallest absolute Gasteiger partial charge is 0.315 e. The van der Waals surface area contributed by atoms with Crippen molar-refractivity contribution in [2.45, 2.75) is 69.9 Å². The Bertz CT molecular complexity index is 375. The van der Waals surface area contributed by atoms with Crippen LogP contribution >= 0.6 is 0 Å². The third kappa shape index (κ3) is 6.37. The zero-order valence-electron chi connectivity index (χ0n) is 14.4. The molecule has 3 N–H and O–H groups in total. The van der Waals surface area contributed by atoms with Gasteiger partial charge in [-0.2, -0.15) is 0 Å². The van der Waals surface area contributed by atoms with Crippen LogP contribution in [0.3, 0.4) is 0 Å². The van der Waals surface area contributed by atoms with E-state index in [9.17, 15) is 9.59 Å². The molecule has 23 heavy (non-hydrogen) atoms. The molecule has 2 aliphatic rings. The Labute approximate surface area is 139 Å². The molecule has 1 heterocycles. The van der Waals surface area contributed by atoms with E-state index in [0.717, 1.165) is 38.8 Å². The molecule has 0 atom stereocenters. The summed E-state index contributed by atoms with van der Waals surface area (Å²) in [6.07, 6.45) is 9.19.